The van der Waals surface area contributed by atoms with Gasteiger partial charge in [0.25, 0.3) is 0 Å². The van der Waals surface area contributed by atoms with Crippen molar-refractivity contribution in [3.63, 3.8) is 0 Å². The lowest BCUT2D eigenvalue weighted by atomic mass is 9.58. The van der Waals surface area contributed by atoms with Crippen molar-refractivity contribution in [2.45, 2.75) is 100 Å². The van der Waals surface area contributed by atoms with Crippen molar-refractivity contribution in [2.75, 3.05) is 6.54 Å². The first kappa shape index (κ1) is 24.3. The first-order valence-electron chi connectivity index (χ1n) is 14.9. The lowest BCUT2D eigenvalue weighted by molar-refractivity contribution is -0.150. The smallest absolute Gasteiger partial charge is 0.321 e. The van der Waals surface area contributed by atoms with Gasteiger partial charge in [-0.15, -0.1) is 0 Å². The van der Waals surface area contributed by atoms with Crippen molar-refractivity contribution in [2.24, 2.45) is 11.3 Å². The van der Waals surface area contributed by atoms with E-state index >= 15 is 0 Å². The molecule has 204 valence electrons. The van der Waals surface area contributed by atoms with E-state index in [0.717, 1.165) is 38.5 Å². The average molecular weight is 527 g/mol. The van der Waals surface area contributed by atoms with Crippen LogP contribution in [0.2, 0.25) is 0 Å². The quantitative estimate of drug-likeness (QED) is 0.560. The summed E-state index contributed by atoms with van der Waals surface area (Å²) in [6.07, 6.45) is 16.8. The number of nitrogens with zero attached hydrogens (tertiary/aromatic N) is 2. The van der Waals surface area contributed by atoms with E-state index in [1.807, 2.05) is 12.4 Å². The summed E-state index contributed by atoms with van der Waals surface area (Å²) in [5.41, 5.74) is 3.88. The van der Waals surface area contributed by atoms with Gasteiger partial charge in [-0.1, -0.05) is 31.2 Å². The predicted octanol–water partition coefficient (Wildman–Crippen LogP) is 5.37. The molecule has 3 aliphatic carbocycles. The molecular formula is C33H38N2O4. The molecule has 6 aliphatic rings. The minimum atomic E-state index is -0.812. The molecule has 2 bridgehead atoms. The number of rotatable bonds is 3. The van der Waals surface area contributed by atoms with Gasteiger partial charge in [-0.25, -0.2) is 0 Å². The predicted molar refractivity (Wildman–Crippen MR) is 148 cm³/mol. The molecule has 2 saturated carbocycles. The number of carboxylic acids is 1. The number of pyridine rings is 1. The van der Waals surface area contributed by atoms with Crippen LogP contribution in [-0.4, -0.2) is 62.0 Å². The topological polar surface area (TPSA) is 82.9 Å². The highest BCUT2D eigenvalue weighted by Gasteiger charge is 2.67. The first-order chi connectivity index (χ1) is 18.8. The van der Waals surface area contributed by atoms with Crippen LogP contribution >= 0.6 is 0 Å². The molecule has 0 unspecified atom stereocenters. The fourth-order valence-electron chi connectivity index (χ4n) is 10.0. The zero-order valence-electron chi connectivity index (χ0n) is 22.7. The molecule has 3 aliphatic heterocycles. The molecule has 1 aromatic heterocycles. The van der Waals surface area contributed by atoms with E-state index in [9.17, 15) is 15.0 Å². The summed E-state index contributed by atoms with van der Waals surface area (Å²) >= 11 is 0. The number of carboxylic acid groups (broad SMARTS) is 1. The van der Waals surface area contributed by atoms with E-state index in [0.29, 0.717) is 24.8 Å². The molecule has 6 nitrogen and oxygen atoms in total. The second-order valence-electron chi connectivity index (χ2n) is 13.5. The molecule has 4 heterocycles. The highest BCUT2D eigenvalue weighted by atomic mass is 16.5. The molecule has 8 atom stereocenters. The van der Waals surface area contributed by atoms with Gasteiger partial charge in [0.2, 0.25) is 0 Å². The normalized spacial score (nSPS) is 43.0. The number of allylic oxidation sites excluding steroid dienone is 1. The zero-order chi connectivity index (χ0) is 26.6. The third-order valence-corrected chi connectivity index (χ3v) is 11.8. The standard InChI is InChI=1S/C33H38N2O4/c1-31-10-8-24-15-23-4-5-25(35-19-26(36)16-28(35)30(37)38)17-32(23)11-12-33(24,39-32)29(31)7-6-27(31)21-3-2-20-9-13-34-18-22(20)14-21/h2-3,8-9,13-15,18,25-29,36H,4-7,10-12,16-17,19H2,1H3,(H,37,38)/t25-,26+,27+,28-,29+,31+,32+,33+/m0/s1. The lowest BCUT2D eigenvalue weighted by Crippen LogP contribution is -2.56. The summed E-state index contributed by atoms with van der Waals surface area (Å²) in [6.45, 7) is 2.96. The summed E-state index contributed by atoms with van der Waals surface area (Å²) in [6, 6.07) is 8.59. The Morgan fingerprint density at radius 2 is 2.05 bits per heavy atom. The fourth-order valence-corrected chi connectivity index (χ4v) is 10.0. The molecule has 39 heavy (non-hydrogen) atoms. The second kappa shape index (κ2) is 8.25. The molecule has 6 heteroatoms. The van der Waals surface area contributed by atoms with Gasteiger partial charge in [-0.3, -0.25) is 14.7 Å². The number of benzene rings is 1. The Kier molecular flexibility index (Phi) is 5.13. The molecular weight excluding hydrogens is 488 g/mol. The second-order valence-corrected chi connectivity index (χ2v) is 13.5. The number of hydrogen-bond acceptors (Lipinski definition) is 5. The largest absolute Gasteiger partial charge is 0.480 e. The Morgan fingerprint density at radius 3 is 2.92 bits per heavy atom. The Balaban J connectivity index is 1.12. The number of hydrogen-bond donors (Lipinski definition) is 2. The third-order valence-electron chi connectivity index (χ3n) is 11.8. The summed E-state index contributed by atoms with van der Waals surface area (Å²) in [4.78, 5) is 18.4. The van der Waals surface area contributed by atoms with Crippen molar-refractivity contribution in [3.8, 4) is 0 Å². The van der Waals surface area contributed by atoms with Crippen LogP contribution in [0.15, 0.2) is 60.0 Å². The Labute approximate surface area is 229 Å². The number of ether oxygens (including phenoxy) is 1. The van der Waals surface area contributed by atoms with Crippen LogP contribution in [0.5, 0.6) is 0 Å². The SMILES string of the molecule is C[C@]12CC=C3C=C4CC[C@H](N5C[C@H](O)C[C@H]5C(=O)O)C[C@]45CC[C@]3(O5)[C@@H]1CC[C@@H]2c1ccc2ccncc2c1. The van der Waals surface area contributed by atoms with E-state index in [4.69, 9.17) is 4.74 Å². The van der Waals surface area contributed by atoms with Gasteiger partial charge >= 0.3 is 5.97 Å². The summed E-state index contributed by atoms with van der Waals surface area (Å²) in [7, 11) is 0. The van der Waals surface area contributed by atoms with Crippen LogP contribution < -0.4 is 0 Å². The van der Waals surface area contributed by atoms with Gasteiger partial charge in [0.05, 0.1) is 17.3 Å². The van der Waals surface area contributed by atoms with E-state index in [2.05, 4.69) is 53.2 Å². The molecule has 2 saturated heterocycles. The zero-order valence-corrected chi connectivity index (χ0v) is 22.7. The van der Waals surface area contributed by atoms with Gasteiger partial charge in [-0.2, -0.15) is 0 Å². The maximum Gasteiger partial charge on any atom is 0.321 e. The van der Waals surface area contributed by atoms with Gasteiger partial charge in [0.1, 0.15) is 6.04 Å². The van der Waals surface area contributed by atoms with Crippen molar-refractivity contribution >= 4 is 16.7 Å². The van der Waals surface area contributed by atoms with Gasteiger partial charge < -0.3 is 14.9 Å². The highest BCUT2D eigenvalue weighted by molar-refractivity contribution is 5.82. The van der Waals surface area contributed by atoms with Gasteiger partial charge in [0.15, 0.2) is 0 Å². The minimum absolute atomic E-state index is 0.137. The maximum absolute atomic E-state index is 12.0. The fraction of sp³-hybridized carbons (Fsp3) is 0.576. The van der Waals surface area contributed by atoms with Crippen LogP contribution in [0.25, 0.3) is 10.8 Å². The third kappa shape index (κ3) is 3.31. The monoisotopic (exact) mass is 526 g/mol. The van der Waals surface area contributed by atoms with Crippen LogP contribution in [0, 0.1) is 11.3 Å². The Morgan fingerprint density at radius 1 is 1.15 bits per heavy atom. The van der Waals surface area contributed by atoms with E-state index in [1.165, 1.54) is 40.3 Å². The first-order valence-corrected chi connectivity index (χ1v) is 14.9. The van der Waals surface area contributed by atoms with Gasteiger partial charge in [0, 0.05) is 36.8 Å². The summed E-state index contributed by atoms with van der Waals surface area (Å²) in [5, 5.41) is 22.6. The van der Waals surface area contributed by atoms with Crippen LogP contribution in [0.3, 0.4) is 0 Å². The Hall–Kier alpha value is -2.54. The number of likely N-dealkylation sites (tertiary alicyclic amines) is 1. The molecule has 0 radical (unpaired) electrons. The van der Waals surface area contributed by atoms with Crippen LogP contribution in [0.4, 0.5) is 0 Å². The lowest BCUT2D eigenvalue weighted by Gasteiger charge is -2.55. The maximum atomic E-state index is 12.0. The van der Waals surface area contributed by atoms with Crippen LogP contribution in [0.1, 0.15) is 76.2 Å². The number of aliphatic carboxylic acids is 1. The van der Waals surface area contributed by atoms with Crippen LogP contribution in [-0.2, 0) is 9.53 Å². The number of aliphatic hydroxyl groups excluding tert-OH is 1. The number of fused-ring (bicyclic) bond motifs is 2. The van der Waals surface area contributed by atoms with Crippen molar-refractivity contribution in [1.82, 2.24) is 9.88 Å². The highest BCUT2D eigenvalue weighted by Crippen LogP contribution is 2.69. The molecule has 2 N–H and O–H groups in total. The van der Waals surface area contributed by atoms with Crippen molar-refractivity contribution in [1.29, 1.82) is 0 Å². The van der Waals surface area contributed by atoms with E-state index in [1.54, 1.807) is 0 Å². The molecule has 4 fully saturated rings. The van der Waals surface area contributed by atoms with E-state index < -0.39 is 18.1 Å². The summed E-state index contributed by atoms with van der Waals surface area (Å²) in [5.74, 6) is 0.149. The van der Waals surface area contributed by atoms with E-state index in [-0.39, 0.29) is 22.7 Å². The molecule has 2 aromatic rings. The van der Waals surface area contributed by atoms with Gasteiger partial charge in [-0.05, 0) is 103 Å². The van der Waals surface area contributed by atoms with Crippen molar-refractivity contribution in [3.05, 3.63) is 65.5 Å². The number of carbonyl (C=O) groups is 1. The minimum Gasteiger partial charge on any atom is -0.480 e. The van der Waals surface area contributed by atoms with Crippen molar-refractivity contribution < 1.29 is 19.7 Å². The number of β-amino-alcohol motifs (C(OH)–C–C–N with tert-alkyl or cyclic N) is 1. The summed E-state index contributed by atoms with van der Waals surface area (Å²) < 4.78 is 7.44. The molecule has 0 amide bonds. The number of aromatic nitrogens is 1. The molecule has 8 rings (SSSR count). The number of aliphatic hydroxyl groups is 1. The average Bonchev–Trinajstić information content (AvgIpc) is 3.59. The Bertz CT molecular complexity index is 1430. The molecule has 1 aromatic carbocycles. The molecule has 2 spiro atoms.